The van der Waals surface area contributed by atoms with Crippen molar-refractivity contribution in [1.82, 2.24) is 9.97 Å². The van der Waals surface area contributed by atoms with Crippen molar-refractivity contribution >= 4 is 6.08 Å². The third-order valence-corrected chi connectivity index (χ3v) is 2.67. The van der Waals surface area contributed by atoms with Crippen LogP contribution < -0.4 is 0 Å². The van der Waals surface area contributed by atoms with Crippen LogP contribution in [0.25, 0.3) is 17.3 Å². The molecule has 0 saturated carbocycles. The number of halogens is 3. The lowest BCUT2D eigenvalue weighted by Crippen LogP contribution is -2.04. The maximum Gasteiger partial charge on any atom is 0.416 e. The average Bonchev–Trinajstić information content (AvgIpc) is 2.87. The lowest BCUT2D eigenvalue weighted by Gasteiger charge is -2.07. The van der Waals surface area contributed by atoms with Gasteiger partial charge in [-0.2, -0.15) is 13.2 Å². The van der Waals surface area contributed by atoms with Gasteiger partial charge < -0.3 is 4.98 Å². The molecule has 0 amide bonds. The molecule has 5 heteroatoms. The Balaban J connectivity index is 2.26. The second kappa shape index (κ2) is 5.77. The zero-order chi connectivity index (χ0) is 14.6. The first-order chi connectivity index (χ1) is 9.50. The highest BCUT2D eigenvalue weighted by molar-refractivity contribution is 5.61. The number of hydrogen-bond donors (Lipinski definition) is 1. The van der Waals surface area contributed by atoms with Crippen molar-refractivity contribution in [3.05, 3.63) is 60.6 Å². The van der Waals surface area contributed by atoms with Crippen molar-refractivity contribution in [2.24, 2.45) is 0 Å². The number of imidazole rings is 1. The molecule has 1 N–H and O–H groups in total. The number of benzene rings is 1. The molecule has 0 unspecified atom stereocenters. The van der Waals surface area contributed by atoms with E-state index in [9.17, 15) is 13.2 Å². The third-order valence-electron chi connectivity index (χ3n) is 2.67. The number of rotatable bonds is 4. The smallest absolute Gasteiger partial charge is 0.338 e. The highest BCUT2D eigenvalue weighted by Gasteiger charge is 2.30. The quantitative estimate of drug-likeness (QED) is 0.808. The molecule has 0 radical (unpaired) electrons. The summed E-state index contributed by atoms with van der Waals surface area (Å²) in [7, 11) is 0. The van der Waals surface area contributed by atoms with E-state index in [0.717, 1.165) is 12.1 Å². The van der Waals surface area contributed by atoms with Gasteiger partial charge in [-0.15, -0.1) is 6.58 Å². The molecule has 2 nitrogen and oxygen atoms in total. The molecule has 104 valence electrons. The van der Waals surface area contributed by atoms with Crippen molar-refractivity contribution < 1.29 is 13.2 Å². The minimum Gasteiger partial charge on any atom is -0.338 e. The summed E-state index contributed by atoms with van der Waals surface area (Å²) in [5, 5.41) is 0. The zero-order valence-corrected chi connectivity index (χ0v) is 10.6. The first-order valence-corrected chi connectivity index (χ1v) is 6.01. The molecule has 0 aliphatic rings. The number of nitrogens with zero attached hydrogens (tertiary/aromatic N) is 1. The van der Waals surface area contributed by atoms with Crippen LogP contribution >= 0.6 is 0 Å². The summed E-state index contributed by atoms with van der Waals surface area (Å²) >= 11 is 0. The van der Waals surface area contributed by atoms with E-state index in [0.29, 0.717) is 23.5 Å². The summed E-state index contributed by atoms with van der Waals surface area (Å²) in [5.74, 6) is 0.597. The normalized spacial score (nSPS) is 11.9. The largest absolute Gasteiger partial charge is 0.416 e. The van der Waals surface area contributed by atoms with Crippen molar-refractivity contribution in [2.45, 2.75) is 12.6 Å². The van der Waals surface area contributed by atoms with E-state index in [1.807, 2.05) is 6.08 Å². The van der Waals surface area contributed by atoms with Crippen molar-refractivity contribution in [3.8, 4) is 11.3 Å². The number of aromatic nitrogens is 2. The predicted molar refractivity (Wildman–Crippen MR) is 72.9 cm³/mol. The molecule has 0 atom stereocenters. The lowest BCUT2D eigenvalue weighted by molar-refractivity contribution is -0.137. The first-order valence-electron chi connectivity index (χ1n) is 6.01. The fraction of sp³-hybridized carbons (Fsp3) is 0.133. The van der Waals surface area contributed by atoms with Gasteiger partial charge in [0.2, 0.25) is 0 Å². The summed E-state index contributed by atoms with van der Waals surface area (Å²) in [6.45, 7) is 3.59. The van der Waals surface area contributed by atoms with Gasteiger partial charge in [0, 0.05) is 5.56 Å². The van der Waals surface area contributed by atoms with E-state index >= 15 is 0 Å². The van der Waals surface area contributed by atoms with Crippen LogP contribution in [0.4, 0.5) is 13.2 Å². The second-order valence-electron chi connectivity index (χ2n) is 4.19. The van der Waals surface area contributed by atoms with Crippen LogP contribution in [0.2, 0.25) is 0 Å². The molecule has 0 fully saturated rings. The number of hydrogen-bond acceptors (Lipinski definition) is 1. The van der Waals surface area contributed by atoms with Crippen molar-refractivity contribution in [3.63, 3.8) is 0 Å². The molecule has 2 aromatic rings. The Hall–Kier alpha value is -2.30. The minimum absolute atomic E-state index is 0.454. The molecular formula is C15H13F3N2. The fourth-order valence-electron chi connectivity index (χ4n) is 1.71. The van der Waals surface area contributed by atoms with Gasteiger partial charge in [-0.1, -0.05) is 24.3 Å². The van der Waals surface area contributed by atoms with Crippen LogP contribution in [-0.4, -0.2) is 9.97 Å². The maximum atomic E-state index is 12.6. The van der Waals surface area contributed by atoms with Crippen LogP contribution in [0.15, 0.2) is 49.2 Å². The Kier molecular flexibility index (Phi) is 4.08. The van der Waals surface area contributed by atoms with Crippen LogP contribution in [0.1, 0.15) is 17.8 Å². The van der Waals surface area contributed by atoms with Gasteiger partial charge in [0.25, 0.3) is 0 Å². The topological polar surface area (TPSA) is 28.7 Å². The molecule has 0 saturated heterocycles. The van der Waals surface area contributed by atoms with Crippen LogP contribution in [-0.2, 0) is 6.18 Å². The Labute approximate surface area is 114 Å². The Morgan fingerprint density at radius 2 is 2.10 bits per heavy atom. The summed E-state index contributed by atoms with van der Waals surface area (Å²) in [4.78, 5) is 7.07. The van der Waals surface area contributed by atoms with Gasteiger partial charge in [0.05, 0.1) is 17.5 Å². The summed E-state index contributed by atoms with van der Waals surface area (Å²) in [6, 6.07) is 5.14. The van der Waals surface area contributed by atoms with Gasteiger partial charge in [-0.25, -0.2) is 4.98 Å². The monoisotopic (exact) mass is 278 g/mol. The van der Waals surface area contributed by atoms with Gasteiger partial charge in [-0.05, 0) is 24.6 Å². The van der Waals surface area contributed by atoms with E-state index in [-0.39, 0.29) is 0 Å². The number of allylic oxidation sites excluding steroid dienone is 2. The molecule has 2 rings (SSSR count). The highest BCUT2D eigenvalue weighted by Crippen LogP contribution is 2.31. The van der Waals surface area contributed by atoms with E-state index in [1.165, 1.54) is 12.3 Å². The second-order valence-corrected chi connectivity index (χ2v) is 4.19. The van der Waals surface area contributed by atoms with Gasteiger partial charge in [0.15, 0.2) is 0 Å². The lowest BCUT2D eigenvalue weighted by atomic mass is 10.1. The first kappa shape index (κ1) is 14.1. The van der Waals surface area contributed by atoms with Crippen molar-refractivity contribution in [1.29, 1.82) is 0 Å². The minimum atomic E-state index is -4.34. The number of aromatic amines is 1. The highest BCUT2D eigenvalue weighted by atomic mass is 19.4. The van der Waals surface area contributed by atoms with E-state index < -0.39 is 11.7 Å². The van der Waals surface area contributed by atoms with Gasteiger partial charge in [-0.3, -0.25) is 0 Å². The number of nitrogens with one attached hydrogen (secondary N) is 1. The molecular weight excluding hydrogens is 265 g/mol. The summed E-state index contributed by atoms with van der Waals surface area (Å²) in [6.07, 6.45) is 3.25. The standard InChI is InChI=1S/C15H13F3N2/c1-2-3-4-8-14-19-10-13(20-14)11-6-5-7-12(9-11)15(16,17)18/h2,4-10H,1,3H2,(H,19,20)/b8-4+. The molecule has 0 aliphatic carbocycles. The van der Waals surface area contributed by atoms with E-state index in [4.69, 9.17) is 0 Å². The molecule has 0 spiro atoms. The number of alkyl halides is 3. The maximum absolute atomic E-state index is 12.6. The van der Waals surface area contributed by atoms with Gasteiger partial charge in [0.1, 0.15) is 5.82 Å². The fourth-order valence-corrected chi connectivity index (χ4v) is 1.71. The molecule has 1 aromatic carbocycles. The average molecular weight is 278 g/mol. The van der Waals surface area contributed by atoms with Crippen LogP contribution in [0.3, 0.4) is 0 Å². The predicted octanol–water partition coefficient (Wildman–Crippen LogP) is 4.68. The molecule has 0 bridgehead atoms. The molecule has 1 aromatic heterocycles. The third kappa shape index (κ3) is 3.38. The van der Waals surface area contributed by atoms with Crippen molar-refractivity contribution in [2.75, 3.05) is 0 Å². The summed E-state index contributed by atoms with van der Waals surface area (Å²) in [5.41, 5.74) is 0.332. The Morgan fingerprint density at radius 1 is 1.30 bits per heavy atom. The molecule has 1 heterocycles. The summed E-state index contributed by atoms with van der Waals surface area (Å²) < 4.78 is 37.9. The number of H-pyrrole nitrogens is 1. The van der Waals surface area contributed by atoms with E-state index in [1.54, 1.807) is 18.2 Å². The molecule has 0 aliphatic heterocycles. The SMILES string of the molecule is C=CC/C=C/c1ncc(-c2cccc(C(F)(F)F)c2)[nH]1. The van der Waals surface area contributed by atoms with E-state index in [2.05, 4.69) is 16.5 Å². The van der Waals surface area contributed by atoms with Crippen LogP contribution in [0, 0.1) is 0 Å². The van der Waals surface area contributed by atoms with Gasteiger partial charge >= 0.3 is 6.18 Å². The Bertz CT molecular complexity index is 624. The van der Waals surface area contributed by atoms with Crippen LogP contribution in [0.5, 0.6) is 0 Å². The molecule has 20 heavy (non-hydrogen) atoms. The zero-order valence-electron chi connectivity index (χ0n) is 10.6. The Morgan fingerprint density at radius 3 is 2.80 bits per heavy atom.